The van der Waals surface area contributed by atoms with Crippen LogP contribution in [0.15, 0.2) is 53.8 Å². The van der Waals surface area contributed by atoms with Crippen LogP contribution in [0.3, 0.4) is 0 Å². The van der Waals surface area contributed by atoms with Crippen LogP contribution in [0.25, 0.3) is 0 Å². The number of aromatic nitrogens is 1. The van der Waals surface area contributed by atoms with Gasteiger partial charge in [0.1, 0.15) is 21.7 Å². The molecule has 8 heteroatoms. The summed E-state index contributed by atoms with van der Waals surface area (Å²) in [6.07, 6.45) is 2.39. The van der Waals surface area contributed by atoms with Crippen molar-refractivity contribution in [1.82, 2.24) is 9.99 Å². The second kappa shape index (κ2) is 9.05. The summed E-state index contributed by atoms with van der Waals surface area (Å²) in [7, 11) is 1.51. The molecule has 1 aliphatic heterocycles. The summed E-state index contributed by atoms with van der Waals surface area (Å²) in [5, 5.41) is 7.28. The van der Waals surface area contributed by atoms with E-state index in [1.54, 1.807) is 25.3 Å². The molecule has 3 rings (SSSR count). The van der Waals surface area contributed by atoms with Crippen molar-refractivity contribution in [3.05, 3.63) is 64.9 Å². The zero-order chi connectivity index (χ0) is 20.1. The molecule has 6 nitrogen and oxygen atoms in total. The van der Waals surface area contributed by atoms with E-state index in [9.17, 15) is 4.79 Å². The average Bonchev–Trinajstić information content (AvgIpc) is 3.12. The minimum atomic E-state index is -0.735. The quantitative estimate of drug-likeness (QED) is 0.742. The van der Waals surface area contributed by atoms with E-state index in [1.807, 2.05) is 30.3 Å². The maximum Gasteiger partial charge on any atom is 0.273 e. The molecule has 0 radical (unpaired) electrons. The first-order chi connectivity index (χ1) is 13.5. The Morgan fingerprint density at radius 3 is 2.71 bits per heavy atom. The highest BCUT2D eigenvalue weighted by Crippen LogP contribution is 2.50. The maximum atomic E-state index is 13.2. The molecule has 2 N–H and O–H groups in total. The fraction of sp³-hybridized carbons (Fsp3) is 0.350. The Kier molecular flexibility index (Phi) is 6.72. The van der Waals surface area contributed by atoms with Gasteiger partial charge in [-0.1, -0.05) is 53.7 Å². The van der Waals surface area contributed by atoms with Crippen LogP contribution in [-0.2, 0) is 14.4 Å². The number of amides is 1. The number of hydrogen-bond donors (Lipinski definition) is 1. The molecular formula is C20H23ClN4O2S. The molecular weight excluding hydrogens is 396 g/mol. The van der Waals surface area contributed by atoms with Crippen LogP contribution >= 0.6 is 23.4 Å². The molecule has 2 aromatic rings. The lowest BCUT2D eigenvalue weighted by atomic mass is 10.00. The molecule has 0 fully saturated rings. The molecule has 1 aromatic heterocycles. The Labute approximate surface area is 174 Å². The average molecular weight is 419 g/mol. The van der Waals surface area contributed by atoms with E-state index in [1.165, 1.54) is 23.9 Å². The third kappa shape index (κ3) is 3.93. The van der Waals surface area contributed by atoms with Gasteiger partial charge in [-0.3, -0.25) is 9.78 Å². The number of nitrogens with two attached hydrogens (primary N) is 1. The third-order valence-electron chi connectivity index (χ3n) is 4.61. The van der Waals surface area contributed by atoms with Crippen LogP contribution in [0.5, 0.6) is 0 Å². The Bertz CT molecular complexity index is 864. The number of thioether (sulfide) groups is 1. The van der Waals surface area contributed by atoms with Crippen LogP contribution in [0, 0.1) is 0 Å². The second-order valence-corrected chi connectivity index (χ2v) is 8.09. The van der Waals surface area contributed by atoms with Crippen LogP contribution in [0.1, 0.15) is 31.0 Å². The number of ether oxygens (including phenoxy) is 1. The fourth-order valence-electron chi connectivity index (χ4n) is 3.06. The number of pyridine rings is 1. The number of benzene rings is 1. The molecule has 0 saturated heterocycles. The molecule has 1 amide bonds. The highest BCUT2D eigenvalue weighted by atomic mass is 35.5. The topological polar surface area (TPSA) is 80.8 Å². The molecule has 2 atom stereocenters. The number of rotatable bonds is 7. The predicted molar refractivity (Wildman–Crippen MR) is 113 cm³/mol. The third-order valence-corrected chi connectivity index (χ3v) is 6.34. The fourth-order valence-corrected chi connectivity index (χ4v) is 4.74. The number of carbonyl (C=O) groups is 1. The van der Waals surface area contributed by atoms with Gasteiger partial charge in [-0.15, -0.1) is 0 Å². The highest BCUT2D eigenvalue weighted by molar-refractivity contribution is 8.15. The van der Waals surface area contributed by atoms with E-state index in [4.69, 9.17) is 22.1 Å². The monoisotopic (exact) mass is 418 g/mol. The second-order valence-electron chi connectivity index (χ2n) is 6.41. The molecule has 0 bridgehead atoms. The minimum Gasteiger partial charge on any atom is -0.372 e. The molecule has 1 aromatic carbocycles. The van der Waals surface area contributed by atoms with Gasteiger partial charge in [0.2, 0.25) is 0 Å². The maximum absolute atomic E-state index is 13.2. The number of carbonyl (C=O) groups excluding carboxylic acids is 1. The summed E-state index contributed by atoms with van der Waals surface area (Å²) in [5.41, 5.74) is 7.34. The Morgan fingerprint density at radius 2 is 2.07 bits per heavy atom. The standard InChI is InChI=1S/C20H23ClN4O2S/c1-14(27-2)19(26)25-20(11-7-12-22,15-8-4-3-5-9-15)28-18(24-25)17-16(21)10-6-13-23-17/h3-6,8-10,13-14H,7,11-12,22H2,1-2H3/t14-,20?/m0/s1. The normalized spacial score (nSPS) is 20.1. The van der Waals surface area contributed by atoms with Crippen LogP contribution in [0.2, 0.25) is 5.02 Å². The zero-order valence-electron chi connectivity index (χ0n) is 15.8. The first kappa shape index (κ1) is 20.8. The van der Waals surface area contributed by atoms with E-state index in [2.05, 4.69) is 10.1 Å². The number of hydrazone groups is 1. The highest BCUT2D eigenvalue weighted by Gasteiger charge is 2.49. The molecule has 2 heterocycles. The van der Waals surface area contributed by atoms with Crippen molar-refractivity contribution >= 4 is 34.3 Å². The minimum absolute atomic E-state index is 0.224. The summed E-state index contributed by atoms with van der Waals surface area (Å²) in [6.45, 7) is 2.23. The summed E-state index contributed by atoms with van der Waals surface area (Å²) in [4.78, 5) is 16.8. The molecule has 148 valence electrons. The Balaban J connectivity index is 2.13. The number of halogens is 1. The van der Waals surface area contributed by atoms with E-state index in [0.29, 0.717) is 28.7 Å². The number of methoxy groups -OCH3 is 1. The smallest absolute Gasteiger partial charge is 0.273 e. The summed E-state index contributed by atoms with van der Waals surface area (Å²) < 4.78 is 5.29. The lowest BCUT2D eigenvalue weighted by Crippen LogP contribution is -2.46. The van der Waals surface area contributed by atoms with Crippen LogP contribution in [0.4, 0.5) is 0 Å². The van der Waals surface area contributed by atoms with Crippen molar-refractivity contribution in [2.75, 3.05) is 13.7 Å². The summed E-state index contributed by atoms with van der Waals surface area (Å²) in [5.74, 6) is -0.224. The van der Waals surface area contributed by atoms with E-state index in [0.717, 1.165) is 12.0 Å². The van der Waals surface area contributed by atoms with Gasteiger partial charge in [0.15, 0.2) is 0 Å². The Hall–Kier alpha value is -1.93. The SMILES string of the molecule is CO[C@@H](C)C(=O)N1N=C(c2ncccc2Cl)SC1(CCCN)c1ccccc1. The van der Waals surface area contributed by atoms with Crippen molar-refractivity contribution < 1.29 is 9.53 Å². The number of nitrogens with zero attached hydrogens (tertiary/aromatic N) is 3. The first-order valence-corrected chi connectivity index (χ1v) is 10.2. The summed E-state index contributed by atoms with van der Waals surface area (Å²) in [6, 6.07) is 13.4. The van der Waals surface area contributed by atoms with Crippen LogP contribution < -0.4 is 5.73 Å². The molecule has 1 unspecified atom stereocenters. The van der Waals surface area contributed by atoms with Crippen molar-refractivity contribution in [2.24, 2.45) is 10.8 Å². The van der Waals surface area contributed by atoms with Gasteiger partial charge in [-0.05, 0) is 44.0 Å². The van der Waals surface area contributed by atoms with E-state index < -0.39 is 11.0 Å². The molecule has 0 saturated carbocycles. The van der Waals surface area contributed by atoms with Gasteiger partial charge in [-0.2, -0.15) is 5.10 Å². The van der Waals surface area contributed by atoms with E-state index >= 15 is 0 Å². The van der Waals surface area contributed by atoms with Crippen LogP contribution in [-0.4, -0.2) is 40.7 Å². The van der Waals surface area contributed by atoms with Crippen molar-refractivity contribution in [1.29, 1.82) is 0 Å². The first-order valence-electron chi connectivity index (χ1n) is 9.04. The molecule has 0 aliphatic carbocycles. The van der Waals surface area contributed by atoms with E-state index in [-0.39, 0.29) is 5.91 Å². The van der Waals surface area contributed by atoms with Crippen molar-refractivity contribution in [3.63, 3.8) is 0 Å². The lowest BCUT2D eigenvalue weighted by molar-refractivity contribution is -0.144. The Morgan fingerprint density at radius 1 is 1.32 bits per heavy atom. The van der Waals surface area contributed by atoms with Crippen molar-refractivity contribution in [3.8, 4) is 0 Å². The largest absolute Gasteiger partial charge is 0.372 e. The van der Waals surface area contributed by atoms with Gasteiger partial charge < -0.3 is 10.5 Å². The van der Waals surface area contributed by atoms with Gasteiger partial charge in [-0.25, -0.2) is 5.01 Å². The molecule has 0 spiro atoms. The molecule has 28 heavy (non-hydrogen) atoms. The number of hydrogen-bond acceptors (Lipinski definition) is 6. The zero-order valence-corrected chi connectivity index (χ0v) is 17.4. The van der Waals surface area contributed by atoms with Gasteiger partial charge in [0.05, 0.1) is 5.02 Å². The predicted octanol–water partition coefficient (Wildman–Crippen LogP) is 3.60. The van der Waals surface area contributed by atoms with Gasteiger partial charge >= 0.3 is 0 Å². The van der Waals surface area contributed by atoms with Gasteiger partial charge in [0, 0.05) is 13.3 Å². The lowest BCUT2D eigenvalue weighted by Gasteiger charge is -2.36. The van der Waals surface area contributed by atoms with Gasteiger partial charge in [0.25, 0.3) is 5.91 Å². The molecule has 1 aliphatic rings. The van der Waals surface area contributed by atoms with Crippen molar-refractivity contribution in [2.45, 2.75) is 30.7 Å². The summed E-state index contributed by atoms with van der Waals surface area (Å²) >= 11 is 7.84.